The molecule has 0 saturated heterocycles. The van der Waals surface area contributed by atoms with Gasteiger partial charge in [0.1, 0.15) is 0 Å². The topological polar surface area (TPSA) is 71.1 Å². The predicted octanol–water partition coefficient (Wildman–Crippen LogP) is 5.31. The Morgan fingerprint density at radius 1 is 1.10 bits per heavy atom. The molecule has 0 aliphatic heterocycles. The van der Waals surface area contributed by atoms with E-state index in [0.29, 0.717) is 10.2 Å². The summed E-state index contributed by atoms with van der Waals surface area (Å²) in [6.07, 6.45) is 3.18. The molecular formula is C22H20ClN3O2S. The largest absolute Gasteiger partial charge is 0.350 e. The highest BCUT2D eigenvalue weighted by Crippen LogP contribution is 2.26. The lowest BCUT2D eigenvalue weighted by Crippen LogP contribution is -2.23. The van der Waals surface area contributed by atoms with Crippen LogP contribution < -0.4 is 10.6 Å². The van der Waals surface area contributed by atoms with Gasteiger partial charge in [-0.1, -0.05) is 48.0 Å². The van der Waals surface area contributed by atoms with Gasteiger partial charge in [0.25, 0.3) is 0 Å². The second kappa shape index (κ2) is 9.49. The SMILES string of the molecule is CC(=O)NC(C)c1ccc(-c2csc(NC(=O)/C=C/c3ccc(Cl)cc3)n2)cc1. The number of hydrogen-bond donors (Lipinski definition) is 2. The smallest absolute Gasteiger partial charge is 0.250 e. The van der Waals surface area contributed by atoms with Crippen molar-refractivity contribution in [2.24, 2.45) is 0 Å². The summed E-state index contributed by atoms with van der Waals surface area (Å²) in [6.45, 7) is 3.44. The number of nitrogens with one attached hydrogen (secondary N) is 2. The molecule has 7 heteroatoms. The molecule has 0 aliphatic rings. The monoisotopic (exact) mass is 425 g/mol. The van der Waals surface area contributed by atoms with Crippen LogP contribution >= 0.6 is 22.9 Å². The lowest BCUT2D eigenvalue weighted by Gasteiger charge is -2.12. The zero-order chi connectivity index (χ0) is 20.8. The summed E-state index contributed by atoms with van der Waals surface area (Å²) in [6, 6.07) is 15.0. The fourth-order valence-corrected chi connectivity index (χ4v) is 3.54. The maximum atomic E-state index is 12.1. The molecule has 3 aromatic rings. The summed E-state index contributed by atoms with van der Waals surface area (Å²) >= 11 is 7.22. The molecule has 29 heavy (non-hydrogen) atoms. The van der Waals surface area contributed by atoms with Gasteiger partial charge in [-0.05, 0) is 36.3 Å². The zero-order valence-electron chi connectivity index (χ0n) is 16.0. The van der Waals surface area contributed by atoms with Crippen LogP contribution in [0.1, 0.15) is 31.0 Å². The molecule has 0 spiro atoms. The van der Waals surface area contributed by atoms with Crippen LogP contribution in [-0.2, 0) is 9.59 Å². The van der Waals surface area contributed by atoms with Gasteiger partial charge in [-0.25, -0.2) is 4.98 Å². The minimum Gasteiger partial charge on any atom is -0.350 e. The molecular weight excluding hydrogens is 406 g/mol. The van der Waals surface area contributed by atoms with Crippen molar-refractivity contribution in [1.29, 1.82) is 0 Å². The second-order valence-corrected chi connectivity index (χ2v) is 7.75. The summed E-state index contributed by atoms with van der Waals surface area (Å²) in [4.78, 5) is 27.8. The number of anilines is 1. The fourth-order valence-electron chi connectivity index (χ4n) is 2.69. The Morgan fingerprint density at radius 3 is 2.45 bits per heavy atom. The predicted molar refractivity (Wildman–Crippen MR) is 119 cm³/mol. The highest BCUT2D eigenvalue weighted by molar-refractivity contribution is 7.14. The normalized spacial score (nSPS) is 12.0. The number of carbonyl (C=O) groups is 2. The Hall–Kier alpha value is -2.96. The van der Waals surface area contributed by atoms with E-state index >= 15 is 0 Å². The average molecular weight is 426 g/mol. The summed E-state index contributed by atoms with van der Waals surface area (Å²) in [5.74, 6) is -0.313. The maximum Gasteiger partial charge on any atom is 0.250 e. The molecule has 3 rings (SSSR count). The number of hydrogen-bond acceptors (Lipinski definition) is 4. The van der Waals surface area contributed by atoms with Crippen molar-refractivity contribution in [3.63, 3.8) is 0 Å². The highest BCUT2D eigenvalue weighted by atomic mass is 35.5. The molecule has 2 amide bonds. The Labute approximate surface area is 178 Å². The van der Waals surface area contributed by atoms with Crippen molar-refractivity contribution in [3.05, 3.63) is 76.1 Å². The number of carbonyl (C=O) groups excluding carboxylic acids is 2. The summed E-state index contributed by atoms with van der Waals surface area (Å²) in [5, 5.41) is 8.71. The number of aromatic nitrogens is 1. The number of rotatable bonds is 6. The molecule has 1 unspecified atom stereocenters. The van der Waals surface area contributed by atoms with Crippen molar-refractivity contribution in [3.8, 4) is 11.3 Å². The third kappa shape index (κ3) is 6.01. The van der Waals surface area contributed by atoms with Crippen molar-refractivity contribution < 1.29 is 9.59 Å². The van der Waals surface area contributed by atoms with E-state index in [0.717, 1.165) is 22.4 Å². The Morgan fingerprint density at radius 2 is 1.79 bits per heavy atom. The lowest BCUT2D eigenvalue weighted by atomic mass is 10.1. The van der Waals surface area contributed by atoms with E-state index in [9.17, 15) is 9.59 Å². The van der Waals surface area contributed by atoms with E-state index in [2.05, 4.69) is 15.6 Å². The van der Waals surface area contributed by atoms with Crippen LogP contribution in [0.15, 0.2) is 60.0 Å². The third-order valence-corrected chi connectivity index (χ3v) is 5.17. The van der Waals surface area contributed by atoms with Crippen LogP contribution in [0.2, 0.25) is 5.02 Å². The van der Waals surface area contributed by atoms with Gasteiger partial charge in [-0.2, -0.15) is 0 Å². The first-order chi connectivity index (χ1) is 13.9. The standard InChI is InChI=1S/C22H20ClN3O2S/c1-14(24-15(2)27)17-6-8-18(9-7-17)20-13-29-22(25-20)26-21(28)12-5-16-3-10-19(23)11-4-16/h3-14H,1-2H3,(H,24,27)(H,25,26,28)/b12-5+. The first-order valence-electron chi connectivity index (χ1n) is 8.98. The molecule has 1 heterocycles. The molecule has 0 fully saturated rings. The van der Waals surface area contributed by atoms with Crippen LogP contribution in [0, 0.1) is 0 Å². The van der Waals surface area contributed by atoms with Gasteiger partial charge in [0.2, 0.25) is 11.8 Å². The van der Waals surface area contributed by atoms with Crippen molar-refractivity contribution in [2.45, 2.75) is 19.9 Å². The van der Waals surface area contributed by atoms with Crippen LogP contribution in [0.4, 0.5) is 5.13 Å². The van der Waals surface area contributed by atoms with Gasteiger partial charge in [0.05, 0.1) is 11.7 Å². The van der Waals surface area contributed by atoms with Crippen molar-refractivity contribution in [1.82, 2.24) is 10.3 Å². The molecule has 148 valence electrons. The zero-order valence-corrected chi connectivity index (χ0v) is 17.6. The first kappa shape index (κ1) is 20.8. The molecule has 0 saturated carbocycles. The molecule has 5 nitrogen and oxygen atoms in total. The second-order valence-electron chi connectivity index (χ2n) is 6.46. The van der Waals surface area contributed by atoms with E-state index in [1.54, 1.807) is 18.2 Å². The highest BCUT2D eigenvalue weighted by Gasteiger charge is 2.09. The summed E-state index contributed by atoms with van der Waals surface area (Å²) in [5.41, 5.74) is 3.63. The summed E-state index contributed by atoms with van der Waals surface area (Å²) in [7, 11) is 0. The van der Waals surface area contributed by atoms with Crippen LogP contribution in [-0.4, -0.2) is 16.8 Å². The van der Waals surface area contributed by atoms with E-state index in [1.165, 1.54) is 24.3 Å². The minimum atomic E-state index is -0.250. The van der Waals surface area contributed by atoms with Gasteiger partial charge in [-0.15, -0.1) is 11.3 Å². The van der Waals surface area contributed by atoms with Gasteiger partial charge < -0.3 is 5.32 Å². The van der Waals surface area contributed by atoms with E-state index in [4.69, 9.17) is 11.6 Å². The summed E-state index contributed by atoms with van der Waals surface area (Å²) < 4.78 is 0. The number of thiazole rings is 1. The van der Waals surface area contributed by atoms with Crippen molar-refractivity contribution in [2.75, 3.05) is 5.32 Å². The number of amides is 2. The molecule has 0 aliphatic carbocycles. The first-order valence-corrected chi connectivity index (χ1v) is 10.2. The minimum absolute atomic E-state index is 0.0562. The molecule has 2 N–H and O–H groups in total. The fraction of sp³-hybridized carbons (Fsp3) is 0.136. The molecule has 0 radical (unpaired) electrons. The van der Waals surface area contributed by atoms with Crippen molar-refractivity contribution >= 4 is 46.0 Å². The van der Waals surface area contributed by atoms with Crippen LogP contribution in [0.25, 0.3) is 17.3 Å². The van der Waals surface area contributed by atoms with Crippen LogP contribution in [0.5, 0.6) is 0 Å². The maximum absolute atomic E-state index is 12.1. The van der Waals surface area contributed by atoms with Gasteiger partial charge in [0, 0.05) is 29.0 Å². The number of nitrogens with zero attached hydrogens (tertiary/aromatic N) is 1. The Balaban J connectivity index is 1.62. The van der Waals surface area contributed by atoms with E-state index in [1.807, 2.05) is 48.7 Å². The Bertz CT molecular complexity index is 1030. The Kier molecular flexibility index (Phi) is 6.80. The van der Waals surface area contributed by atoms with E-state index in [-0.39, 0.29) is 17.9 Å². The van der Waals surface area contributed by atoms with Gasteiger partial charge in [-0.3, -0.25) is 14.9 Å². The molecule has 0 bridgehead atoms. The van der Waals surface area contributed by atoms with Crippen LogP contribution in [0.3, 0.4) is 0 Å². The van der Waals surface area contributed by atoms with Gasteiger partial charge in [0.15, 0.2) is 5.13 Å². The lowest BCUT2D eigenvalue weighted by molar-refractivity contribution is -0.119. The quantitative estimate of drug-likeness (QED) is 0.525. The number of benzene rings is 2. The van der Waals surface area contributed by atoms with E-state index < -0.39 is 0 Å². The van der Waals surface area contributed by atoms with Gasteiger partial charge >= 0.3 is 0 Å². The third-order valence-electron chi connectivity index (χ3n) is 4.16. The molecule has 1 atom stereocenters. The molecule has 2 aromatic carbocycles. The molecule has 1 aromatic heterocycles. The average Bonchev–Trinajstić information content (AvgIpc) is 3.15. The number of halogens is 1.